The highest BCUT2D eigenvalue weighted by molar-refractivity contribution is 7.86. The first kappa shape index (κ1) is 20.3. The van der Waals surface area contributed by atoms with Crippen LogP contribution >= 0.6 is 0 Å². The van der Waals surface area contributed by atoms with Crippen LogP contribution in [0.2, 0.25) is 0 Å². The number of benzene rings is 1. The summed E-state index contributed by atoms with van der Waals surface area (Å²) in [7, 11) is -1.70. The van der Waals surface area contributed by atoms with Crippen LogP contribution in [0.5, 0.6) is 0 Å². The van der Waals surface area contributed by atoms with Gasteiger partial charge in [-0.25, -0.2) is 0 Å². The maximum absolute atomic E-state index is 12.9. The van der Waals surface area contributed by atoms with Crippen LogP contribution in [0.4, 0.5) is 0 Å². The summed E-state index contributed by atoms with van der Waals surface area (Å²) >= 11 is 0. The van der Waals surface area contributed by atoms with Gasteiger partial charge in [0.05, 0.1) is 0 Å². The van der Waals surface area contributed by atoms with Crippen LogP contribution < -0.4 is 5.32 Å². The van der Waals surface area contributed by atoms with Crippen LogP contribution in [0.3, 0.4) is 0 Å². The third-order valence-electron chi connectivity index (χ3n) is 5.96. The topological polar surface area (TPSA) is 69.7 Å². The molecule has 2 aliphatic rings. The molecule has 0 radical (unpaired) electrons. The predicted octanol–water partition coefficient (Wildman–Crippen LogP) is 2.70. The Morgan fingerprint density at radius 1 is 1.07 bits per heavy atom. The van der Waals surface area contributed by atoms with Crippen molar-refractivity contribution in [2.75, 3.05) is 20.1 Å². The Kier molecular flexibility index (Phi) is 6.55. The third kappa shape index (κ3) is 4.70. The molecule has 0 aromatic heterocycles. The molecule has 0 atom stereocenters. The molecule has 0 unspecified atom stereocenters. The number of amides is 1. The summed E-state index contributed by atoms with van der Waals surface area (Å²) in [5.41, 5.74) is 1.63. The van der Waals surface area contributed by atoms with Gasteiger partial charge >= 0.3 is 0 Å². The van der Waals surface area contributed by atoms with E-state index in [-0.39, 0.29) is 18.0 Å². The lowest BCUT2D eigenvalue weighted by Crippen LogP contribution is -2.52. The summed E-state index contributed by atoms with van der Waals surface area (Å²) in [4.78, 5) is 12.5. The molecule has 2 fully saturated rings. The lowest BCUT2D eigenvalue weighted by Gasteiger charge is -2.37. The zero-order valence-corrected chi connectivity index (χ0v) is 17.2. The standard InChI is InChI=1S/C20H31N3O3S/c1-16-8-6-7-11-19(16)20(24)21-17-12-14-23(15-13-17)27(25,26)22(2)18-9-4-3-5-10-18/h6-8,11,17-18H,3-5,9-10,12-15H2,1-2H3,(H,21,24). The van der Waals surface area contributed by atoms with Crippen molar-refractivity contribution in [3.63, 3.8) is 0 Å². The van der Waals surface area contributed by atoms with E-state index < -0.39 is 10.2 Å². The van der Waals surface area contributed by atoms with Gasteiger partial charge in [0, 0.05) is 37.8 Å². The number of nitrogens with one attached hydrogen (secondary N) is 1. The van der Waals surface area contributed by atoms with Gasteiger partial charge < -0.3 is 5.32 Å². The van der Waals surface area contributed by atoms with E-state index in [1.165, 1.54) is 6.42 Å². The molecular formula is C20H31N3O3S. The highest BCUT2D eigenvalue weighted by atomic mass is 32.2. The Morgan fingerprint density at radius 2 is 1.70 bits per heavy atom. The first-order valence-electron chi connectivity index (χ1n) is 9.99. The molecule has 1 amide bonds. The van der Waals surface area contributed by atoms with Crippen molar-refractivity contribution in [3.8, 4) is 0 Å². The molecule has 0 spiro atoms. The van der Waals surface area contributed by atoms with E-state index in [9.17, 15) is 13.2 Å². The summed E-state index contributed by atoms with van der Waals surface area (Å²) in [6, 6.07) is 7.66. The second-order valence-corrected chi connectivity index (χ2v) is 9.77. The van der Waals surface area contributed by atoms with Gasteiger partial charge in [-0.3, -0.25) is 4.79 Å². The van der Waals surface area contributed by atoms with Crippen LogP contribution in [0.15, 0.2) is 24.3 Å². The molecule has 1 aliphatic heterocycles. The average molecular weight is 394 g/mol. The van der Waals surface area contributed by atoms with Gasteiger partial charge in [-0.15, -0.1) is 0 Å². The second-order valence-electron chi connectivity index (χ2n) is 7.78. The Balaban J connectivity index is 1.55. The van der Waals surface area contributed by atoms with E-state index in [1.54, 1.807) is 15.7 Å². The predicted molar refractivity (Wildman–Crippen MR) is 107 cm³/mol. The number of carbonyl (C=O) groups is 1. The number of rotatable bonds is 5. The first-order valence-corrected chi connectivity index (χ1v) is 11.4. The van der Waals surface area contributed by atoms with E-state index in [4.69, 9.17) is 0 Å². The van der Waals surface area contributed by atoms with Gasteiger partial charge in [0.25, 0.3) is 16.1 Å². The average Bonchev–Trinajstić information content (AvgIpc) is 2.68. The van der Waals surface area contributed by atoms with Gasteiger partial charge in [-0.05, 0) is 44.2 Å². The van der Waals surface area contributed by atoms with Gasteiger partial charge in [0.15, 0.2) is 0 Å². The first-order chi connectivity index (χ1) is 12.9. The molecule has 1 aromatic carbocycles. The highest BCUT2D eigenvalue weighted by Crippen LogP contribution is 2.26. The van der Waals surface area contributed by atoms with E-state index in [0.717, 1.165) is 31.2 Å². The molecule has 27 heavy (non-hydrogen) atoms. The quantitative estimate of drug-likeness (QED) is 0.836. The van der Waals surface area contributed by atoms with Crippen molar-refractivity contribution < 1.29 is 13.2 Å². The molecule has 7 heteroatoms. The smallest absolute Gasteiger partial charge is 0.281 e. The number of hydrogen-bond donors (Lipinski definition) is 1. The molecule has 1 aromatic rings. The summed E-state index contributed by atoms with van der Waals surface area (Å²) in [5, 5.41) is 3.07. The van der Waals surface area contributed by atoms with Crippen LogP contribution in [0, 0.1) is 6.92 Å². The maximum atomic E-state index is 12.9. The fourth-order valence-corrected chi connectivity index (χ4v) is 5.76. The Hall–Kier alpha value is -1.44. The molecule has 1 saturated heterocycles. The minimum absolute atomic E-state index is 0.0172. The molecule has 1 N–H and O–H groups in total. The normalized spacial score (nSPS) is 20.7. The van der Waals surface area contributed by atoms with Crippen molar-refractivity contribution >= 4 is 16.1 Å². The van der Waals surface area contributed by atoms with Gasteiger partial charge in [-0.1, -0.05) is 37.5 Å². The van der Waals surface area contributed by atoms with Crippen LogP contribution in [0.1, 0.15) is 60.9 Å². The minimum Gasteiger partial charge on any atom is -0.349 e. The molecule has 6 nitrogen and oxygen atoms in total. The monoisotopic (exact) mass is 393 g/mol. The number of nitrogens with zero attached hydrogens (tertiary/aromatic N) is 2. The number of piperidine rings is 1. The van der Waals surface area contributed by atoms with Gasteiger partial charge in [-0.2, -0.15) is 17.0 Å². The summed E-state index contributed by atoms with van der Waals surface area (Å²) < 4.78 is 29.1. The molecule has 150 valence electrons. The van der Waals surface area contributed by atoms with E-state index >= 15 is 0 Å². The summed E-state index contributed by atoms with van der Waals surface area (Å²) in [6.45, 7) is 2.83. The fourth-order valence-electron chi connectivity index (χ4n) is 4.14. The molecule has 1 aliphatic carbocycles. The summed E-state index contributed by atoms with van der Waals surface area (Å²) in [6.07, 6.45) is 6.63. The molecular weight excluding hydrogens is 362 g/mol. The number of hydrogen-bond acceptors (Lipinski definition) is 3. The fraction of sp³-hybridized carbons (Fsp3) is 0.650. The maximum Gasteiger partial charge on any atom is 0.281 e. The Bertz CT molecular complexity index is 751. The lowest BCUT2D eigenvalue weighted by molar-refractivity contribution is 0.0922. The highest BCUT2D eigenvalue weighted by Gasteiger charge is 2.35. The molecule has 1 saturated carbocycles. The van der Waals surface area contributed by atoms with Crippen molar-refractivity contribution in [1.29, 1.82) is 0 Å². The molecule has 1 heterocycles. The van der Waals surface area contributed by atoms with E-state index in [1.807, 2.05) is 31.2 Å². The van der Waals surface area contributed by atoms with E-state index in [2.05, 4.69) is 5.32 Å². The second kappa shape index (κ2) is 8.71. The minimum atomic E-state index is -3.42. The van der Waals surface area contributed by atoms with Gasteiger partial charge in [0.1, 0.15) is 0 Å². The van der Waals surface area contributed by atoms with Crippen molar-refractivity contribution in [2.24, 2.45) is 0 Å². The Morgan fingerprint density at radius 3 is 2.33 bits per heavy atom. The number of aryl methyl sites for hydroxylation is 1. The Labute approximate surface area is 163 Å². The van der Waals surface area contributed by atoms with Crippen LogP contribution in [-0.4, -0.2) is 55.2 Å². The van der Waals surface area contributed by atoms with Crippen molar-refractivity contribution in [2.45, 2.75) is 64.0 Å². The largest absolute Gasteiger partial charge is 0.349 e. The van der Waals surface area contributed by atoms with Crippen molar-refractivity contribution in [1.82, 2.24) is 13.9 Å². The summed E-state index contributed by atoms with van der Waals surface area (Å²) in [5.74, 6) is -0.0752. The third-order valence-corrected chi connectivity index (χ3v) is 8.00. The zero-order valence-electron chi connectivity index (χ0n) is 16.4. The number of carbonyl (C=O) groups excluding carboxylic acids is 1. The van der Waals surface area contributed by atoms with Crippen LogP contribution in [-0.2, 0) is 10.2 Å². The van der Waals surface area contributed by atoms with Crippen LogP contribution in [0.25, 0.3) is 0 Å². The van der Waals surface area contributed by atoms with Gasteiger partial charge in [0.2, 0.25) is 0 Å². The zero-order chi connectivity index (χ0) is 19.4. The lowest BCUT2D eigenvalue weighted by atomic mass is 9.96. The SMILES string of the molecule is Cc1ccccc1C(=O)NC1CCN(S(=O)(=O)N(C)C2CCCCC2)CC1. The molecule has 3 rings (SSSR count). The van der Waals surface area contributed by atoms with E-state index in [0.29, 0.717) is 31.5 Å². The molecule has 0 bridgehead atoms. The van der Waals surface area contributed by atoms with Crippen molar-refractivity contribution in [3.05, 3.63) is 35.4 Å².